The summed E-state index contributed by atoms with van der Waals surface area (Å²) < 4.78 is 47.6. The highest BCUT2D eigenvalue weighted by atomic mass is 32.2. The van der Waals surface area contributed by atoms with Crippen molar-refractivity contribution in [3.05, 3.63) is 110 Å². The highest BCUT2D eigenvalue weighted by molar-refractivity contribution is 7.99. The first kappa shape index (κ1) is 22.5. The Morgan fingerprint density at radius 2 is 1.67 bits per heavy atom. The predicted octanol–water partition coefficient (Wildman–Crippen LogP) is 6.13. The van der Waals surface area contributed by atoms with Crippen molar-refractivity contribution in [1.82, 2.24) is 4.57 Å². The van der Waals surface area contributed by atoms with E-state index < -0.39 is 33.6 Å². The second-order valence-corrected chi connectivity index (χ2v) is 9.54. The van der Waals surface area contributed by atoms with Crippen LogP contribution < -0.4 is 11.2 Å². The molecule has 0 aliphatic carbocycles. The summed E-state index contributed by atoms with van der Waals surface area (Å²) in [4.78, 5) is 25.9. The van der Waals surface area contributed by atoms with Crippen LogP contribution in [-0.4, -0.2) is 9.67 Å². The third-order valence-corrected chi connectivity index (χ3v) is 7.55. The Hall–Kier alpha value is -3.98. The Labute approximate surface area is 205 Å². The molecule has 0 fully saturated rings. The van der Waals surface area contributed by atoms with Crippen molar-refractivity contribution in [2.45, 2.75) is 28.4 Å². The van der Waals surface area contributed by atoms with Crippen LogP contribution in [0.2, 0.25) is 0 Å². The van der Waals surface area contributed by atoms with Gasteiger partial charge in [0, 0.05) is 10.3 Å². The van der Waals surface area contributed by atoms with Gasteiger partial charge in [-0.3, -0.25) is 9.36 Å². The average molecular weight is 507 g/mol. The monoisotopic (exact) mass is 507 g/mol. The Morgan fingerprint density at radius 3 is 2.42 bits per heavy atom. The molecule has 5 nitrogen and oxygen atoms in total. The van der Waals surface area contributed by atoms with Crippen LogP contribution >= 0.6 is 11.8 Å². The van der Waals surface area contributed by atoms with E-state index in [1.54, 1.807) is 16.7 Å². The number of rotatable bonds is 3. The molecule has 180 valence electrons. The zero-order chi connectivity index (χ0) is 25.2. The predicted molar refractivity (Wildman–Crippen MR) is 130 cm³/mol. The van der Waals surface area contributed by atoms with E-state index in [1.807, 2.05) is 36.4 Å². The zero-order valence-corrected chi connectivity index (χ0v) is 19.2. The molecule has 0 saturated heterocycles. The van der Waals surface area contributed by atoms with Crippen LogP contribution in [0.5, 0.6) is 5.75 Å². The van der Waals surface area contributed by atoms with Gasteiger partial charge in [0.2, 0.25) is 0 Å². The molecule has 0 radical (unpaired) electrons. The summed E-state index contributed by atoms with van der Waals surface area (Å²) >= 11 is 0.423. The number of alkyl halides is 3. The van der Waals surface area contributed by atoms with E-state index in [4.69, 9.17) is 4.42 Å². The zero-order valence-electron chi connectivity index (χ0n) is 18.4. The molecule has 3 heterocycles. The maximum Gasteiger partial charge on any atom is 0.417 e. The van der Waals surface area contributed by atoms with Gasteiger partial charge in [-0.25, -0.2) is 4.79 Å². The summed E-state index contributed by atoms with van der Waals surface area (Å²) in [6.45, 7) is 0. The number of pyridine rings is 1. The summed E-state index contributed by atoms with van der Waals surface area (Å²) in [6, 6.07) is 19.1. The molecule has 0 amide bonds. The lowest BCUT2D eigenvalue weighted by molar-refractivity contribution is -0.139. The van der Waals surface area contributed by atoms with E-state index in [9.17, 15) is 27.9 Å². The average Bonchev–Trinajstić information content (AvgIpc) is 3.26. The van der Waals surface area contributed by atoms with Gasteiger partial charge in [0.1, 0.15) is 10.3 Å². The normalized spacial score (nSPS) is 15.1. The second kappa shape index (κ2) is 8.03. The van der Waals surface area contributed by atoms with Crippen LogP contribution in [0.3, 0.4) is 0 Å². The number of benzene rings is 3. The fourth-order valence-electron chi connectivity index (χ4n) is 4.87. The molecule has 5 aromatic rings. The molecular weight excluding hydrogens is 491 g/mol. The van der Waals surface area contributed by atoms with Gasteiger partial charge in [0.15, 0.2) is 11.3 Å². The third kappa shape index (κ3) is 3.34. The summed E-state index contributed by atoms with van der Waals surface area (Å²) in [5.74, 6) is -0.692. The van der Waals surface area contributed by atoms with Crippen molar-refractivity contribution in [2.75, 3.05) is 0 Å². The molecule has 6 rings (SSSR count). The molecule has 1 unspecified atom stereocenters. The summed E-state index contributed by atoms with van der Waals surface area (Å²) in [6.07, 6.45) is -4.14. The molecule has 1 atom stereocenters. The molecule has 0 saturated carbocycles. The van der Waals surface area contributed by atoms with Crippen LogP contribution in [0.1, 0.15) is 22.7 Å². The molecule has 36 heavy (non-hydrogen) atoms. The van der Waals surface area contributed by atoms with Crippen LogP contribution in [0.15, 0.2) is 96.6 Å². The fourth-order valence-corrected chi connectivity index (χ4v) is 5.85. The van der Waals surface area contributed by atoms with Gasteiger partial charge >= 0.3 is 11.8 Å². The molecule has 0 bridgehead atoms. The maximum atomic E-state index is 13.8. The Morgan fingerprint density at radius 1 is 0.944 bits per heavy atom. The van der Waals surface area contributed by atoms with Gasteiger partial charge in [-0.15, -0.1) is 0 Å². The number of nitrogens with zero attached hydrogens (tertiary/aromatic N) is 1. The topological polar surface area (TPSA) is 72.4 Å². The lowest BCUT2D eigenvalue weighted by Crippen LogP contribution is -2.24. The van der Waals surface area contributed by atoms with Crippen molar-refractivity contribution in [2.24, 2.45) is 0 Å². The Kier molecular flexibility index (Phi) is 5.01. The molecule has 3 aromatic carbocycles. The van der Waals surface area contributed by atoms with Gasteiger partial charge in [-0.1, -0.05) is 66.4 Å². The van der Waals surface area contributed by atoms with Gasteiger partial charge in [0.25, 0.3) is 5.56 Å². The molecule has 2 aromatic heterocycles. The highest BCUT2D eigenvalue weighted by Gasteiger charge is 2.35. The minimum atomic E-state index is -4.67. The highest BCUT2D eigenvalue weighted by Crippen LogP contribution is 2.44. The van der Waals surface area contributed by atoms with E-state index in [1.165, 1.54) is 18.2 Å². The lowest BCUT2D eigenvalue weighted by Gasteiger charge is -2.17. The van der Waals surface area contributed by atoms with Gasteiger partial charge in [-0.05, 0) is 35.7 Å². The minimum Gasteiger partial charge on any atom is -0.505 e. The van der Waals surface area contributed by atoms with Crippen LogP contribution in [-0.2, 0) is 12.6 Å². The van der Waals surface area contributed by atoms with Crippen molar-refractivity contribution in [3.63, 3.8) is 0 Å². The van der Waals surface area contributed by atoms with Crippen LogP contribution in [0, 0.1) is 0 Å². The van der Waals surface area contributed by atoms with E-state index in [0.29, 0.717) is 29.1 Å². The molecule has 1 aliphatic heterocycles. The minimum absolute atomic E-state index is 0.0854. The van der Waals surface area contributed by atoms with Crippen molar-refractivity contribution >= 4 is 33.6 Å². The third-order valence-electron chi connectivity index (χ3n) is 6.41. The molecule has 9 heteroatoms. The molecule has 1 N–H and O–H groups in total. The van der Waals surface area contributed by atoms with E-state index in [-0.39, 0.29) is 21.9 Å². The van der Waals surface area contributed by atoms with E-state index in [2.05, 4.69) is 0 Å². The van der Waals surface area contributed by atoms with Gasteiger partial charge in [0.05, 0.1) is 17.1 Å². The first-order valence-corrected chi connectivity index (χ1v) is 11.8. The van der Waals surface area contributed by atoms with Crippen LogP contribution in [0.4, 0.5) is 13.2 Å². The van der Waals surface area contributed by atoms with Gasteiger partial charge < -0.3 is 9.52 Å². The summed E-state index contributed by atoms with van der Waals surface area (Å²) in [5.41, 5.74) is -0.265. The molecule has 1 aliphatic rings. The number of para-hydroxylation sites is 1. The van der Waals surface area contributed by atoms with Crippen molar-refractivity contribution in [3.8, 4) is 5.75 Å². The Bertz CT molecular complexity index is 1790. The number of hydrogen-bond donors (Lipinski definition) is 1. The maximum absolute atomic E-state index is 13.8. The molecular formula is C27H16F3NO4S. The number of aromatic hydroxyl groups is 1. The fraction of sp³-hybridized carbons (Fsp3) is 0.111. The number of hydrogen-bond acceptors (Lipinski definition) is 5. The van der Waals surface area contributed by atoms with E-state index in [0.717, 1.165) is 17.2 Å². The van der Waals surface area contributed by atoms with Crippen molar-refractivity contribution < 1.29 is 22.7 Å². The standard InChI is InChI=1S/C27H16F3NO4S/c28-27(29,30)17-11-4-5-12-19(17)36-24-22(32)20-23(35-26(24)34)16-10-6-9-15-13-18(14-7-2-1-3-8-14)31(21(15)16)25(20)33/h1-12,18,32H,13H2. The lowest BCUT2D eigenvalue weighted by atomic mass is 10.0. The largest absolute Gasteiger partial charge is 0.505 e. The van der Waals surface area contributed by atoms with E-state index >= 15 is 0 Å². The van der Waals surface area contributed by atoms with Gasteiger partial charge in [-0.2, -0.15) is 13.2 Å². The quantitative estimate of drug-likeness (QED) is 0.298. The Balaban J connectivity index is 1.63. The van der Waals surface area contributed by atoms with Crippen LogP contribution in [0.25, 0.3) is 21.9 Å². The number of halogens is 3. The summed E-state index contributed by atoms with van der Waals surface area (Å²) in [5, 5.41) is 11.4. The first-order chi connectivity index (χ1) is 17.3. The van der Waals surface area contributed by atoms with Crippen molar-refractivity contribution in [1.29, 1.82) is 0 Å². The smallest absolute Gasteiger partial charge is 0.417 e. The number of fused-ring (bicyclic) bond motifs is 2. The second-order valence-electron chi connectivity index (χ2n) is 8.49. The number of aromatic nitrogens is 1. The molecule has 0 spiro atoms. The summed E-state index contributed by atoms with van der Waals surface area (Å²) in [7, 11) is 0. The SMILES string of the molecule is O=c1oc2c(c(O)c1Sc1ccccc1C(F)(F)F)c(=O)n1c3c(cccc23)CC1c1ccccc1. The first-order valence-electron chi connectivity index (χ1n) is 11.0.